The Morgan fingerprint density at radius 3 is 0.729 bits per heavy atom. The molecule has 0 bridgehead atoms. The van der Waals surface area contributed by atoms with Gasteiger partial charge in [0.05, 0.1) is 26.4 Å². The molecule has 0 unspecified atom stereocenters. The first-order chi connectivity index (χ1) is 22.1. The summed E-state index contributed by atoms with van der Waals surface area (Å²) in [4.78, 5) is 44.0. The molecule has 0 saturated carbocycles. The van der Waals surface area contributed by atoms with Crippen LogP contribution in [-0.2, 0) is 61.5 Å². The van der Waals surface area contributed by atoms with E-state index in [0.717, 1.165) is 22.3 Å². The van der Waals surface area contributed by atoms with Gasteiger partial charge < -0.3 is 0 Å². The first-order valence-corrected chi connectivity index (χ1v) is 17.5. The fourth-order valence-corrected chi connectivity index (χ4v) is 4.00. The number of benzene rings is 2. The lowest BCUT2D eigenvalue weighted by atomic mass is 9.91. The Morgan fingerprint density at radius 1 is 0.375 bits per heavy atom. The minimum atomic E-state index is -0.542. The van der Waals surface area contributed by atoms with Crippen molar-refractivity contribution in [2.24, 2.45) is 23.7 Å². The van der Waals surface area contributed by atoms with Gasteiger partial charge in [-0.2, -0.15) is 0 Å². The van der Waals surface area contributed by atoms with Gasteiger partial charge in [-0.15, -0.1) is 0 Å². The van der Waals surface area contributed by atoms with Crippen LogP contribution >= 0.6 is 0 Å². The molecule has 0 aliphatic heterocycles. The van der Waals surface area contributed by atoms with Crippen LogP contribution in [0.1, 0.15) is 133 Å². The third-order valence-corrected chi connectivity index (χ3v) is 7.18. The summed E-state index contributed by atoms with van der Waals surface area (Å²) in [6.45, 7) is 35.0. The summed E-state index contributed by atoms with van der Waals surface area (Å²) < 4.78 is 0. The van der Waals surface area contributed by atoms with Gasteiger partial charge in [0, 0.05) is 0 Å². The minimum Gasteiger partial charge on any atom is -0.236 e. The van der Waals surface area contributed by atoms with Gasteiger partial charge in [0.15, 0.2) is 0 Å². The third kappa shape index (κ3) is 16.7. The Bertz CT molecular complexity index is 993. The lowest BCUT2D eigenvalue weighted by Gasteiger charge is -2.28. The third-order valence-electron chi connectivity index (χ3n) is 7.18. The topological polar surface area (TPSA) is 73.8 Å². The van der Waals surface area contributed by atoms with Gasteiger partial charge in [0.1, 0.15) is 22.4 Å². The molecule has 2 aromatic carbocycles. The first kappa shape index (κ1) is 44.1. The molecule has 0 radical (unpaired) electrons. The first-order valence-electron chi connectivity index (χ1n) is 17.5. The monoisotopic (exact) mass is 676 g/mol. The molecule has 0 N–H and O–H groups in total. The maximum absolute atomic E-state index is 5.63. The molecule has 0 aliphatic carbocycles. The van der Waals surface area contributed by atoms with Crippen molar-refractivity contribution in [1.82, 2.24) is 0 Å². The number of hydrogen-bond donors (Lipinski definition) is 0. The summed E-state index contributed by atoms with van der Waals surface area (Å²) >= 11 is 0. The largest absolute Gasteiger partial charge is 0.236 e. The summed E-state index contributed by atoms with van der Waals surface area (Å²) in [6, 6.07) is 16.3. The van der Waals surface area contributed by atoms with Crippen LogP contribution in [0.15, 0.2) is 48.5 Å². The van der Waals surface area contributed by atoms with E-state index < -0.39 is 22.4 Å². The van der Waals surface area contributed by atoms with Crippen LogP contribution < -0.4 is 0 Å². The van der Waals surface area contributed by atoms with Crippen molar-refractivity contribution in [2.75, 3.05) is 26.4 Å². The highest BCUT2D eigenvalue weighted by atomic mass is 17.2. The Balaban J connectivity index is 0.000000480. The lowest BCUT2D eigenvalue weighted by Crippen LogP contribution is -2.26. The molecule has 0 aliphatic rings. The molecule has 8 nitrogen and oxygen atoms in total. The van der Waals surface area contributed by atoms with E-state index in [1.54, 1.807) is 0 Å². The molecule has 48 heavy (non-hydrogen) atoms. The second-order valence-corrected chi connectivity index (χ2v) is 16.2. The van der Waals surface area contributed by atoms with Crippen LogP contribution in [0.3, 0.4) is 0 Å². The van der Waals surface area contributed by atoms with Gasteiger partial charge in [-0.25, -0.2) is 39.1 Å². The molecule has 0 amide bonds. The van der Waals surface area contributed by atoms with Crippen molar-refractivity contribution in [3.8, 4) is 0 Å². The Labute approximate surface area is 292 Å². The SMILES string of the molecule is CC(C)COOC(C)(C)c1cccc(C(C)(C)OOCC(C)C)c1.CC(C)COOC(C)(C)c1cccc(C(C)(C)OOCC(C)C)c1. The fraction of sp³-hybridized carbons (Fsp3) is 0.700. The molecule has 0 saturated heterocycles. The molecule has 2 rings (SSSR count). The van der Waals surface area contributed by atoms with Crippen molar-refractivity contribution < 1.29 is 39.1 Å². The van der Waals surface area contributed by atoms with Crippen molar-refractivity contribution in [3.63, 3.8) is 0 Å². The molecular formula is C40H68O8. The molecule has 0 fully saturated rings. The van der Waals surface area contributed by atoms with E-state index in [1.165, 1.54) is 0 Å². The van der Waals surface area contributed by atoms with Crippen LogP contribution in [0.25, 0.3) is 0 Å². The van der Waals surface area contributed by atoms with Crippen molar-refractivity contribution >= 4 is 0 Å². The van der Waals surface area contributed by atoms with Crippen LogP contribution in [0.4, 0.5) is 0 Å². The predicted octanol–water partition coefficient (Wildman–Crippen LogP) is 10.7. The number of rotatable bonds is 20. The standard InChI is InChI=1S/2C20H34O4/c2*1-15(2)13-21-23-19(5,6)17-10-9-11-18(12-17)20(7,8)24-22-14-16(3)4/h2*9-12,15-16H,13-14H2,1-8H3. The Kier molecular flexibility index (Phi) is 18.5. The van der Waals surface area contributed by atoms with E-state index in [2.05, 4.69) is 67.5 Å². The maximum atomic E-state index is 5.63. The summed E-state index contributed by atoms with van der Waals surface area (Å²) in [5.41, 5.74) is 1.96. The summed E-state index contributed by atoms with van der Waals surface area (Å²) in [7, 11) is 0. The maximum Gasteiger partial charge on any atom is 0.123 e. The zero-order chi connectivity index (χ0) is 36.8. The van der Waals surface area contributed by atoms with Gasteiger partial charge in [-0.05, 0) is 113 Å². The second kappa shape index (κ2) is 20.1. The highest BCUT2D eigenvalue weighted by Crippen LogP contribution is 2.33. The molecule has 2 aromatic rings. The highest BCUT2D eigenvalue weighted by molar-refractivity contribution is 5.31. The van der Waals surface area contributed by atoms with Crippen LogP contribution in [0.2, 0.25) is 0 Å². The molecule has 0 heterocycles. The van der Waals surface area contributed by atoms with Crippen LogP contribution in [0, 0.1) is 23.7 Å². The normalized spacial score (nSPS) is 13.1. The van der Waals surface area contributed by atoms with E-state index in [-0.39, 0.29) is 0 Å². The molecular weight excluding hydrogens is 608 g/mol. The second-order valence-electron chi connectivity index (χ2n) is 16.2. The van der Waals surface area contributed by atoms with Gasteiger partial charge in [-0.1, -0.05) is 91.8 Å². The van der Waals surface area contributed by atoms with Crippen molar-refractivity contribution in [3.05, 3.63) is 70.8 Å². The quantitative estimate of drug-likeness (QED) is 0.101. The van der Waals surface area contributed by atoms with E-state index in [0.29, 0.717) is 50.1 Å². The van der Waals surface area contributed by atoms with Crippen molar-refractivity contribution in [2.45, 2.75) is 133 Å². The molecule has 276 valence electrons. The number of hydrogen-bond acceptors (Lipinski definition) is 8. The molecule has 0 spiro atoms. The summed E-state index contributed by atoms with van der Waals surface area (Å²) in [5.74, 6) is 1.71. The average molecular weight is 677 g/mol. The van der Waals surface area contributed by atoms with Crippen LogP contribution in [0.5, 0.6) is 0 Å². The minimum absolute atomic E-state index is 0.428. The Morgan fingerprint density at radius 2 is 0.562 bits per heavy atom. The van der Waals surface area contributed by atoms with E-state index in [9.17, 15) is 0 Å². The van der Waals surface area contributed by atoms with E-state index >= 15 is 0 Å². The smallest absolute Gasteiger partial charge is 0.123 e. The summed E-state index contributed by atoms with van der Waals surface area (Å²) in [5, 5.41) is 0. The molecule has 8 heteroatoms. The molecule has 0 atom stereocenters. The van der Waals surface area contributed by atoms with Gasteiger partial charge >= 0.3 is 0 Å². The molecule has 0 aromatic heterocycles. The predicted molar refractivity (Wildman–Crippen MR) is 192 cm³/mol. The van der Waals surface area contributed by atoms with E-state index in [4.69, 9.17) is 39.1 Å². The van der Waals surface area contributed by atoms with Crippen molar-refractivity contribution in [1.29, 1.82) is 0 Å². The van der Waals surface area contributed by atoms with Gasteiger partial charge in [0.25, 0.3) is 0 Å². The van der Waals surface area contributed by atoms with Crippen LogP contribution in [-0.4, -0.2) is 26.4 Å². The van der Waals surface area contributed by atoms with E-state index in [1.807, 2.05) is 91.8 Å². The fourth-order valence-electron chi connectivity index (χ4n) is 4.00. The zero-order valence-corrected chi connectivity index (χ0v) is 33.0. The highest BCUT2D eigenvalue weighted by Gasteiger charge is 2.30. The van der Waals surface area contributed by atoms with Gasteiger partial charge in [-0.3, -0.25) is 0 Å². The lowest BCUT2D eigenvalue weighted by molar-refractivity contribution is -0.363. The van der Waals surface area contributed by atoms with Gasteiger partial charge in [0.2, 0.25) is 0 Å². The zero-order valence-electron chi connectivity index (χ0n) is 33.0. The summed E-state index contributed by atoms with van der Waals surface area (Å²) in [6.07, 6.45) is 0. The average Bonchev–Trinajstić information content (AvgIpc) is 2.96. The Hall–Kier alpha value is -1.88.